The molecule has 0 aliphatic carbocycles. The number of benzene rings is 3. The zero-order valence-electron chi connectivity index (χ0n) is 23.0. The summed E-state index contributed by atoms with van der Waals surface area (Å²) in [5, 5.41) is 11.8. The maximum absolute atomic E-state index is 13.8. The molecule has 0 radical (unpaired) electrons. The van der Waals surface area contributed by atoms with E-state index in [-0.39, 0.29) is 47.9 Å². The number of nitrogens with zero attached hydrogens (tertiary/aromatic N) is 3. The average Bonchev–Trinajstić information content (AvgIpc) is 2.97. The van der Waals surface area contributed by atoms with E-state index in [2.05, 4.69) is 0 Å². The number of hydrogen-bond donors (Lipinski definition) is 0. The molecule has 3 aromatic carbocycles. The lowest BCUT2D eigenvalue weighted by molar-refractivity contribution is -0.385. The van der Waals surface area contributed by atoms with Crippen molar-refractivity contribution in [1.29, 1.82) is 0 Å². The summed E-state index contributed by atoms with van der Waals surface area (Å²) in [5.41, 5.74) is 1.32. The highest BCUT2D eigenvalue weighted by Gasteiger charge is 2.28. The number of hydrogen-bond acceptors (Lipinski definition) is 6. The number of fused-ring (bicyclic) bond motifs is 1. The Morgan fingerprint density at radius 2 is 1.76 bits per heavy atom. The lowest BCUT2D eigenvalue weighted by Gasteiger charge is -2.31. The first-order chi connectivity index (χ1) is 19.6. The van der Waals surface area contributed by atoms with Gasteiger partial charge in [0.05, 0.1) is 28.7 Å². The lowest BCUT2D eigenvalue weighted by Crippen LogP contribution is -2.46. The molecule has 9 nitrogen and oxygen atoms in total. The highest BCUT2D eigenvalue weighted by Crippen LogP contribution is 2.22. The van der Waals surface area contributed by atoms with E-state index in [0.29, 0.717) is 28.5 Å². The van der Waals surface area contributed by atoms with Gasteiger partial charge in [0.1, 0.15) is 17.9 Å². The van der Waals surface area contributed by atoms with Gasteiger partial charge in [-0.1, -0.05) is 37.3 Å². The fourth-order valence-electron chi connectivity index (χ4n) is 4.47. The maximum atomic E-state index is 13.8. The van der Waals surface area contributed by atoms with E-state index in [1.165, 1.54) is 46.4 Å². The number of carbonyl (C=O) groups excluding carboxylic acids is 2. The third-order valence-electron chi connectivity index (χ3n) is 7.09. The number of carbonyl (C=O) groups is 2. The van der Waals surface area contributed by atoms with Crippen molar-refractivity contribution in [3.63, 3.8) is 0 Å². The molecule has 41 heavy (non-hydrogen) atoms. The lowest BCUT2D eigenvalue weighted by atomic mass is 10.1. The Balaban J connectivity index is 1.67. The van der Waals surface area contributed by atoms with Gasteiger partial charge in [-0.15, -0.1) is 0 Å². The number of rotatable bonds is 10. The van der Waals surface area contributed by atoms with Crippen LogP contribution in [0.5, 0.6) is 0 Å². The zero-order valence-corrected chi connectivity index (χ0v) is 23.0. The molecule has 0 fully saturated rings. The predicted molar refractivity (Wildman–Crippen MR) is 152 cm³/mol. The molecule has 4 rings (SSSR count). The van der Waals surface area contributed by atoms with Crippen LogP contribution in [0.15, 0.2) is 82.2 Å². The first kappa shape index (κ1) is 29.1. The summed E-state index contributed by atoms with van der Waals surface area (Å²) >= 11 is 0. The van der Waals surface area contributed by atoms with Crippen molar-refractivity contribution in [2.45, 2.75) is 46.3 Å². The molecule has 0 N–H and O–H groups in total. The molecule has 0 aliphatic heterocycles. The molecule has 10 heteroatoms. The van der Waals surface area contributed by atoms with Crippen LogP contribution in [0.1, 0.15) is 47.3 Å². The van der Waals surface area contributed by atoms with Crippen LogP contribution in [-0.4, -0.2) is 39.1 Å². The normalized spacial score (nSPS) is 11.7. The minimum atomic E-state index is -0.551. The van der Waals surface area contributed by atoms with Gasteiger partial charge in [-0.2, -0.15) is 0 Å². The molecule has 0 saturated carbocycles. The molecule has 1 aromatic heterocycles. The molecule has 4 aromatic rings. The second kappa shape index (κ2) is 12.5. The number of amides is 2. The Kier molecular flexibility index (Phi) is 8.91. The number of aryl methyl sites for hydroxylation is 1. The molecule has 0 aliphatic rings. The van der Waals surface area contributed by atoms with Gasteiger partial charge in [0.25, 0.3) is 11.6 Å². The molecule has 2 amide bonds. The number of nitro benzene ring substituents is 1. The summed E-state index contributed by atoms with van der Waals surface area (Å²) < 4.78 is 19.2. The topological polar surface area (TPSA) is 114 Å². The van der Waals surface area contributed by atoms with Crippen molar-refractivity contribution < 1.29 is 23.3 Å². The molecule has 1 atom stereocenters. The van der Waals surface area contributed by atoms with Crippen LogP contribution in [0, 0.1) is 22.9 Å². The van der Waals surface area contributed by atoms with Crippen molar-refractivity contribution in [3.05, 3.63) is 121 Å². The van der Waals surface area contributed by atoms with Gasteiger partial charge < -0.3 is 14.2 Å². The predicted octanol–water partition coefficient (Wildman–Crippen LogP) is 5.62. The Morgan fingerprint density at radius 3 is 2.44 bits per heavy atom. The first-order valence-electron chi connectivity index (χ1n) is 13.2. The van der Waals surface area contributed by atoms with Crippen LogP contribution < -0.4 is 5.43 Å². The van der Waals surface area contributed by atoms with Crippen molar-refractivity contribution in [3.8, 4) is 0 Å². The van der Waals surface area contributed by atoms with Crippen molar-refractivity contribution in [2.75, 3.05) is 6.54 Å². The van der Waals surface area contributed by atoms with E-state index in [9.17, 15) is 28.9 Å². The van der Waals surface area contributed by atoms with E-state index in [0.717, 1.165) is 0 Å². The quantitative estimate of drug-likeness (QED) is 0.184. The number of halogens is 1. The molecule has 212 valence electrons. The van der Waals surface area contributed by atoms with E-state index in [4.69, 9.17) is 4.42 Å². The molecule has 0 spiro atoms. The molecule has 0 bridgehead atoms. The van der Waals surface area contributed by atoms with Gasteiger partial charge in [-0.3, -0.25) is 24.5 Å². The third-order valence-corrected chi connectivity index (χ3v) is 7.09. The minimum Gasteiger partial charge on any atom is -0.464 e. The van der Waals surface area contributed by atoms with Crippen LogP contribution in [0.2, 0.25) is 0 Å². The second-order valence-corrected chi connectivity index (χ2v) is 9.91. The van der Waals surface area contributed by atoms with Gasteiger partial charge >= 0.3 is 0 Å². The fourth-order valence-corrected chi connectivity index (χ4v) is 4.47. The van der Waals surface area contributed by atoms with Crippen molar-refractivity contribution >= 4 is 28.5 Å². The van der Waals surface area contributed by atoms with Gasteiger partial charge in [-0.25, -0.2) is 4.39 Å². The minimum absolute atomic E-state index is 0.0456. The first-order valence-corrected chi connectivity index (χ1v) is 13.2. The molecule has 0 unspecified atom stereocenters. The highest BCUT2D eigenvalue weighted by atomic mass is 19.1. The summed E-state index contributed by atoms with van der Waals surface area (Å²) in [7, 11) is 0. The Labute approximate surface area is 236 Å². The molecule has 1 heterocycles. The van der Waals surface area contributed by atoms with Crippen LogP contribution in [-0.2, 0) is 17.9 Å². The standard InChI is InChI=1S/C31H30FN3O6/c1-4-21(3)34(31(38)23-12-9-20(2)27(15-23)35(39)40)18-29(36)33(16-22-10-13-25(32)14-11-22)17-24-19-41-28-8-6-5-7-26(28)30(24)37/h5-15,19,21H,4,16-18H2,1-3H3/t21-/m0/s1. The number of nitro groups is 1. The summed E-state index contributed by atoms with van der Waals surface area (Å²) in [6, 6.07) is 16.3. The van der Waals surface area contributed by atoms with Crippen molar-refractivity contribution in [1.82, 2.24) is 9.80 Å². The second-order valence-electron chi connectivity index (χ2n) is 9.91. The SMILES string of the molecule is CC[C@H](C)N(CC(=O)N(Cc1ccc(F)cc1)Cc1coc2ccccc2c1=O)C(=O)c1ccc(C)c([N+](=O)[O-])c1. The highest BCUT2D eigenvalue weighted by molar-refractivity contribution is 5.97. The zero-order chi connectivity index (χ0) is 29.7. The Morgan fingerprint density at radius 1 is 1.05 bits per heavy atom. The van der Waals surface area contributed by atoms with Crippen LogP contribution in [0.3, 0.4) is 0 Å². The van der Waals surface area contributed by atoms with Crippen LogP contribution >= 0.6 is 0 Å². The Hall–Kier alpha value is -4.86. The fraction of sp³-hybridized carbons (Fsp3) is 0.258. The summed E-state index contributed by atoms with van der Waals surface area (Å²) in [6.07, 6.45) is 1.85. The van der Waals surface area contributed by atoms with E-state index < -0.39 is 22.6 Å². The smallest absolute Gasteiger partial charge is 0.273 e. The van der Waals surface area contributed by atoms with Crippen LogP contribution in [0.4, 0.5) is 10.1 Å². The van der Waals surface area contributed by atoms with Gasteiger partial charge in [-0.05, 0) is 56.2 Å². The Bertz CT molecular complexity index is 1650. The van der Waals surface area contributed by atoms with Gasteiger partial charge in [0.2, 0.25) is 5.91 Å². The summed E-state index contributed by atoms with van der Waals surface area (Å²) in [5.74, 6) is -1.41. The van der Waals surface area contributed by atoms with Crippen molar-refractivity contribution in [2.24, 2.45) is 0 Å². The van der Waals surface area contributed by atoms with Gasteiger partial charge in [0, 0.05) is 29.8 Å². The average molecular weight is 560 g/mol. The monoisotopic (exact) mass is 559 g/mol. The summed E-state index contributed by atoms with van der Waals surface area (Å²) in [6.45, 7) is 4.83. The molecule has 0 saturated heterocycles. The molecular weight excluding hydrogens is 529 g/mol. The number of para-hydroxylation sites is 1. The van der Waals surface area contributed by atoms with E-state index >= 15 is 0 Å². The van der Waals surface area contributed by atoms with Gasteiger partial charge in [0.15, 0.2) is 5.43 Å². The summed E-state index contributed by atoms with van der Waals surface area (Å²) in [4.78, 5) is 54.3. The van der Waals surface area contributed by atoms with Crippen LogP contribution in [0.25, 0.3) is 11.0 Å². The van der Waals surface area contributed by atoms with E-state index in [1.807, 2.05) is 6.92 Å². The maximum Gasteiger partial charge on any atom is 0.273 e. The molecular formula is C31H30FN3O6. The van der Waals surface area contributed by atoms with E-state index in [1.54, 1.807) is 50.2 Å². The largest absolute Gasteiger partial charge is 0.464 e. The third kappa shape index (κ3) is 6.66.